The predicted molar refractivity (Wildman–Crippen MR) is 48.3 cm³/mol. The van der Waals surface area contributed by atoms with Crippen LogP contribution in [0.3, 0.4) is 0 Å². The number of aromatic nitrogens is 1. The van der Waals surface area contributed by atoms with Crippen molar-refractivity contribution >= 4 is 11.6 Å². The quantitative estimate of drug-likeness (QED) is 0.695. The SMILES string of the molecule is CCC(c1ccnc(Cl)c1)C(F)(F)F. The molecule has 0 aliphatic rings. The Kier molecular flexibility index (Phi) is 3.37. The van der Waals surface area contributed by atoms with E-state index in [9.17, 15) is 13.2 Å². The first-order chi connectivity index (χ1) is 6.45. The number of hydrogen-bond donors (Lipinski definition) is 0. The molecule has 1 aromatic rings. The number of hydrogen-bond acceptors (Lipinski definition) is 1. The Balaban J connectivity index is 3.01. The van der Waals surface area contributed by atoms with Crippen LogP contribution in [0.15, 0.2) is 18.3 Å². The number of pyridine rings is 1. The highest BCUT2D eigenvalue weighted by Gasteiger charge is 2.39. The first-order valence-corrected chi connectivity index (χ1v) is 4.51. The zero-order valence-electron chi connectivity index (χ0n) is 7.48. The number of nitrogens with zero attached hydrogens (tertiary/aromatic N) is 1. The van der Waals surface area contributed by atoms with Crippen LogP contribution in [0.1, 0.15) is 24.8 Å². The van der Waals surface area contributed by atoms with Crippen molar-refractivity contribution in [3.05, 3.63) is 29.0 Å². The molecule has 1 rings (SSSR count). The average molecular weight is 224 g/mol. The van der Waals surface area contributed by atoms with Gasteiger partial charge in [0.05, 0.1) is 5.92 Å². The van der Waals surface area contributed by atoms with E-state index < -0.39 is 12.1 Å². The fourth-order valence-corrected chi connectivity index (χ4v) is 1.47. The van der Waals surface area contributed by atoms with Gasteiger partial charge in [0.2, 0.25) is 0 Å². The molecule has 0 aliphatic carbocycles. The molecule has 0 spiro atoms. The Morgan fingerprint density at radius 3 is 2.57 bits per heavy atom. The molecule has 5 heteroatoms. The van der Waals surface area contributed by atoms with E-state index >= 15 is 0 Å². The predicted octanol–water partition coefficient (Wildman–Crippen LogP) is 3.79. The average Bonchev–Trinajstić information content (AvgIpc) is 2.02. The van der Waals surface area contributed by atoms with Crippen molar-refractivity contribution in [3.63, 3.8) is 0 Å². The summed E-state index contributed by atoms with van der Waals surface area (Å²) in [6, 6.07) is 2.59. The third kappa shape index (κ3) is 2.61. The van der Waals surface area contributed by atoms with Gasteiger partial charge < -0.3 is 0 Å². The minimum atomic E-state index is -4.22. The summed E-state index contributed by atoms with van der Waals surface area (Å²) in [6.07, 6.45) is -2.94. The van der Waals surface area contributed by atoms with E-state index in [4.69, 9.17) is 11.6 Å². The van der Waals surface area contributed by atoms with Crippen molar-refractivity contribution in [2.45, 2.75) is 25.4 Å². The maximum atomic E-state index is 12.5. The minimum Gasteiger partial charge on any atom is -0.245 e. The molecule has 0 radical (unpaired) electrons. The molecule has 0 bridgehead atoms. The van der Waals surface area contributed by atoms with Gasteiger partial charge in [-0.05, 0) is 24.1 Å². The summed E-state index contributed by atoms with van der Waals surface area (Å²) < 4.78 is 37.4. The second-order valence-electron chi connectivity index (χ2n) is 2.91. The van der Waals surface area contributed by atoms with Crippen LogP contribution < -0.4 is 0 Å². The molecule has 14 heavy (non-hydrogen) atoms. The molecule has 0 saturated heterocycles. The molecule has 1 heterocycles. The first-order valence-electron chi connectivity index (χ1n) is 4.13. The van der Waals surface area contributed by atoms with Crippen molar-refractivity contribution in [1.82, 2.24) is 4.98 Å². The van der Waals surface area contributed by atoms with Gasteiger partial charge >= 0.3 is 6.18 Å². The highest BCUT2D eigenvalue weighted by molar-refractivity contribution is 6.29. The molecule has 1 nitrogen and oxygen atoms in total. The summed E-state index contributed by atoms with van der Waals surface area (Å²) in [5.74, 6) is -1.46. The van der Waals surface area contributed by atoms with Crippen LogP contribution in [-0.4, -0.2) is 11.2 Å². The summed E-state index contributed by atoms with van der Waals surface area (Å²) >= 11 is 5.52. The minimum absolute atomic E-state index is 0.00381. The van der Waals surface area contributed by atoms with Gasteiger partial charge in [0, 0.05) is 6.20 Å². The van der Waals surface area contributed by atoms with Crippen LogP contribution >= 0.6 is 11.6 Å². The van der Waals surface area contributed by atoms with E-state index in [0.29, 0.717) is 0 Å². The second kappa shape index (κ2) is 4.17. The molecule has 0 N–H and O–H groups in total. The standard InChI is InChI=1S/C9H9ClF3N/c1-2-7(9(11,12)13)6-3-4-14-8(10)5-6/h3-5,7H,2H2,1H3. The topological polar surface area (TPSA) is 12.9 Å². The van der Waals surface area contributed by atoms with E-state index in [-0.39, 0.29) is 17.1 Å². The monoisotopic (exact) mass is 223 g/mol. The number of rotatable bonds is 2. The lowest BCUT2D eigenvalue weighted by atomic mass is 9.97. The zero-order chi connectivity index (χ0) is 10.8. The Morgan fingerprint density at radius 2 is 2.14 bits per heavy atom. The summed E-state index contributed by atoms with van der Waals surface area (Å²) in [5.41, 5.74) is 0.167. The first kappa shape index (κ1) is 11.3. The molecule has 1 unspecified atom stereocenters. The van der Waals surface area contributed by atoms with Crippen molar-refractivity contribution < 1.29 is 13.2 Å². The van der Waals surface area contributed by atoms with Crippen molar-refractivity contribution in [2.75, 3.05) is 0 Å². The van der Waals surface area contributed by atoms with E-state index in [0.717, 1.165) is 0 Å². The molecular formula is C9H9ClF3N. The van der Waals surface area contributed by atoms with Crippen LogP contribution in [-0.2, 0) is 0 Å². The lowest BCUT2D eigenvalue weighted by molar-refractivity contribution is -0.151. The summed E-state index contributed by atoms with van der Waals surface area (Å²) in [5, 5.41) is 0.0881. The molecule has 1 aromatic heterocycles. The number of halogens is 4. The maximum absolute atomic E-state index is 12.5. The largest absolute Gasteiger partial charge is 0.395 e. The van der Waals surface area contributed by atoms with Gasteiger partial charge in [-0.3, -0.25) is 0 Å². The van der Waals surface area contributed by atoms with Gasteiger partial charge in [-0.15, -0.1) is 0 Å². The lowest BCUT2D eigenvalue weighted by Gasteiger charge is -2.18. The normalized spacial score (nSPS) is 14.1. The van der Waals surface area contributed by atoms with E-state index in [2.05, 4.69) is 4.98 Å². The molecule has 0 aliphatic heterocycles. The molecular weight excluding hydrogens is 215 g/mol. The fraction of sp³-hybridized carbons (Fsp3) is 0.444. The van der Waals surface area contributed by atoms with Crippen molar-refractivity contribution in [3.8, 4) is 0 Å². The van der Waals surface area contributed by atoms with E-state index in [1.807, 2.05) is 0 Å². The van der Waals surface area contributed by atoms with Crippen LogP contribution in [0.4, 0.5) is 13.2 Å². The van der Waals surface area contributed by atoms with Crippen LogP contribution in [0, 0.1) is 0 Å². The van der Waals surface area contributed by atoms with Crippen LogP contribution in [0.25, 0.3) is 0 Å². The summed E-state index contributed by atoms with van der Waals surface area (Å²) in [7, 11) is 0. The van der Waals surface area contributed by atoms with E-state index in [1.165, 1.54) is 25.3 Å². The third-order valence-corrected chi connectivity index (χ3v) is 2.16. The van der Waals surface area contributed by atoms with Gasteiger partial charge in [0.1, 0.15) is 5.15 Å². The van der Waals surface area contributed by atoms with Gasteiger partial charge in [-0.25, -0.2) is 4.98 Å². The Morgan fingerprint density at radius 1 is 1.50 bits per heavy atom. The lowest BCUT2D eigenvalue weighted by Crippen LogP contribution is -2.20. The Bertz CT molecular complexity index is 311. The van der Waals surface area contributed by atoms with E-state index in [1.54, 1.807) is 0 Å². The van der Waals surface area contributed by atoms with Gasteiger partial charge in [-0.1, -0.05) is 18.5 Å². The van der Waals surface area contributed by atoms with Gasteiger partial charge in [-0.2, -0.15) is 13.2 Å². The molecule has 1 atom stereocenters. The highest BCUT2D eigenvalue weighted by Crippen LogP contribution is 2.37. The second-order valence-corrected chi connectivity index (χ2v) is 3.30. The fourth-order valence-electron chi connectivity index (χ4n) is 1.29. The summed E-state index contributed by atoms with van der Waals surface area (Å²) in [6.45, 7) is 1.49. The molecule has 0 saturated carbocycles. The Labute approximate surface area is 84.9 Å². The smallest absolute Gasteiger partial charge is 0.245 e. The molecule has 0 aromatic carbocycles. The maximum Gasteiger partial charge on any atom is 0.395 e. The zero-order valence-corrected chi connectivity index (χ0v) is 8.23. The Hall–Kier alpha value is -0.770. The third-order valence-electron chi connectivity index (χ3n) is 1.96. The highest BCUT2D eigenvalue weighted by atomic mass is 35.5. The van der Waals surface area contributed by atoms with Gasteiger partial charge in [0.25, 0.3) is 0 Å². The van der Waals surface area contributed by atoms with Crippen molar-refractivity contribution in [2.24, 2.45) is 0 Å². The summed E-state index contributed by atoms with van der Waals surface area (Å²) in [4.78, 5) is 3.64. The molecule has 0 fully saturated rings. The molecule has 0 amide bonds. The number of alkyl halides is 3. The van der Waals surface area contributed by atoms with Crippen LogP contribution in [0.5, 0.6) is 0 Å². The van der Waals surface area contributed by atoms with Crippen LogP contribution in [0.2, 0.25) is 5.15 Å². The molecule has 78 valence electrons. The van der Waals surface area contributed by atoms with Gasteiger partial charge in [0.15, 0.2) is 0 Å². The van der Waals surface area contributed by atoms with Crippen molar-refractivity contribution in [1.29, 1.82) is 0 Å².